The highest BCUT2D eigenvalue weighted by Gasteiger charge is 2.32. The van der Waals surface area contributed by atoms with Gasteiger partial charge in [0.2, 0.25) is 0 Å². The van der Waals surface area contributed by atoms with Gasteiger partial charge in [0.15, 0.2) is 0 Å². The number of hydrogen-bond acceptors (Lipinski definition) is 3. The van der Waals surface area contributed by atoms with Gasteiger partial charge in [0.1, 0.15) is 5.75 Å². The molecule has 1 aromatic rings. The van der Waals surface area contributed by atoms with Crippen LogP contribution in [0.2, 0.25) is 0 Å². The van der Waals surface area contributed by atoms with Crippen LogP contribution in [0.4, 0.5) is 0 Å². The summed E-state index contributed by atoms with van der Waals surface area (Å²) >= 11 is 0. The maximum Gasteiger partial charge on any atom is 0.122 e. The highest BCUT2D eigenvalue weighted by atomic mass is 16.5. The largest absolute Gasteiger partial charge is 0.493 e. The Morgan fingerprint density at radius 2 is 2.06 bits per heavy atom. The summed E-state index contributed by atoms with van der Waals surface area (Å²) in [6.45, 7) is 0.765. The van der Waals surface area contributed by atoms with E-state index in [-0.39, 0.29) is 0 Å². The molecule has 18 heavy (non-hydrogen) atoms. The first-order valence-corrected chi connectivity index (χ1v) is 7.06. The van der Waals surface area contributed by atoms with Gasteiger partial charge in [0.05, 0.1) is 6.61 Å². The Morgan fingerprint density at radius 1 is 1.28 bits per heavy atom. The number of para-hydroxylation sites is 1. The van der Waals surface area contributed by atoms with Crippen molar-refractivity contribution >= 4 is 0 Å². The van der Waals surface area contributed by atoms with Gasteiger partial charge >= 0.3 is 0 Å². The molecule has 2 atom stereocenters. The van der Waals surface area contributed by atoms with Gasteiger partial charge in [0, 0.05) is 17.5 Å². The third kappa shape index (κ3) is 2.25. The summed E-state index contributed by atoms with van der Waals surface area (Å²) in [6.07, 6.45) is 6.69. The van der Waals surface area contributed by atoms with Crippen LogP contribution in [0.25, 0.3) is 0 Å². The van der Waals surface area contributed by atoms with E-state index >= 15 is 0 Å². The van der Waals surface area contributed by atoms with E-state index in [0.29, 0.717) is 12.0 Å². The molecule has 1 aliphatic carbocycles. The molecule has 0 aromatic heterocycles. The van der Waals surface area contributed by atoms with Crippen molar-refractivity contribution in [3.8, 4) is 5.75 Å². The minimum absolute atomic E-state index is 0.344. The smallest absolute Gasteiger partial charge is 0.122 e. The quantitative estimate of drug-likeness (QED) is 0.634. The van der Waals surface area contributed by atoms with Crippen molar-refractivity contribution < 1.29 is 4.74 Å². The Labute approximate surface area is 109 Å². The van der Waals surface area contributed by atoms with Gasteiger partial charge in [-0.3, -0.25) is 11.3 Å². The predicted molar refractivity (Wildman–Crippen MR) is 72.4 cm³/mol. The van der Waals surface area contributed by atoms with Crippen molar-refractivity contribution in [3.63, 3.8) is 0 Å². The average molecular weight is 246 g/mol. The molecule has 1 aromatic carbocycles. The second-order valence-electron chi connectivity index (χ2n) is 5.61. The van der Waals surface area contributed by atoms with Crippen LogP contribution in [0.15, 0.2) is 24.3 Å². The zero-order valence-corrected chi connectivity index (χ0v) is 10.8. The number of nitrogens with two attached hydrogens (primary N) is 1. The first-order valence-electron chi connectivity index (χ1n) is 7.06. The molecule has 2 unspecified atom stereocenters. The van der Waals surface area contributed by atoms with Gasteiger partial charge < -0.3 is 4.74 Å². The molecule has 3 rings (SSSR count). The molecule has 3 N–H and O–H groups in total. The van der Waals surface area contributed by atoms with Crippen molar-refractivity contribution in [2.45, 2.75) is 44.1 Å². The number of ether oxygens (including phenoxy) is 1. The summed E-state index contributed by atoms with van der Waals surface area (Å²) < 4.78 is 5.76. The van der Waals surface area contributed by atoms with Crippen LogP contribution < -0.4 is 16.0 Å². The zero-order valence-electron chi connectivity index (χ0n) is 10.8. The molecule has 0 radical (unpaired) electrons. The molecular weight excluding hydrogens is 224 g/mol. The van der Waals surface area contributed by atoms with Gasteiger partial charge in [0.25, 0.3) is 0 Å². The summed E-state index contributed by atoms with van der Waals surface area (Å²) in [4.78, 5) is 0. The lowest BCUT2D eigenvalue weighted by atomic mass is 9.87. The zero-order chi connectivity index (χ0) is 12.4. The topological polar surface area (TPSA) is 47.3 Å². The minimum atomic E-state index is 0.344. The first-order chi connectivity index (χ1) is 8.88. The highest BCUT2D eigenvalue weighted by molar-refractivity contribution is 5.40. The molecule has 0 spiro atoms. The molecule has 1 fully saturated rings. The SMILES string of the molecule is NNC(CC1CCCC1)C1COc2ccccc21. The molecule has 2 aliphatic rings. The predicted octanol–water partition coefficient (Wildman–Crippen LogP) is 2.57. The Balaban J connectivity index is 1.72. The van der Waals surface area contributed by atoms with Gasteiger partial charge in [-0.2, -0.15) is 0 Å². The van der Waals surface area contributed by atoms with E-state index in [1.165, 1.54) is 37.7 Å². The second kappa shape index (κ2) is 5.29. The van der Waals surface area contributed by atoms with E-state index in [1.807, 2.05) is 6.07 Å². The summed E-state index contributed by atoms with van der Waals surface area (Å²) in [6, 6.07) is 8.69. The summed E-state index contributed by atoms with van der Waals surface area (Å²) in [5, 5.41) is 0. The summed E-state index contributed by atoms with van der Waals surface area (Å²) in [5.41, 5.74) is 4.35. The molecule has 0 bridgehead atoms. The van der Waals surface area contributed by atoms with E-state index < -0.39 is 0 Å². The molecule has 3 heteroatoms. The van der Waals surface area contributed by atoms with Gasteiger partial charge in [-0.15, -0.1) is 0 Å². The lowest BCUT2D eigenvalue weighted by Crippen LogP contribution is -2.41. The summed E-state index contributed by atoms with van der Waals surface area (Å²) in [7, 11) is 0. The molecule has 3 nitrogen and oxygen atoms in total. The maximum atomic E-state index is 5.78. The Morgan fingerprint density at radius 3 is 2.83 bits per heavy atom. The molecule has 0 amide bonds. The second-order valence-corrected chi connectivity index (χ2v) is 5.61. The average Bonchev–Trinajstić information content (AvgIpc) is 3.05. The number of nitrogens with one attached hydrogen (secondary N) is 1. The lowest BCUT2D eigenvalue weighted by Gasteiger charge is -2.24. The molecule has 98 valence electrons. The van der Waals surface area contributed by atoms with Crippen LogP contribution in [-0.4, -0.2) is 12.6 Å². The molecule has 1 heterocycles. The Bertz CT molecular complexity index is 401. The van der Waals surface area contributed by atoms with Gasteiger partial charge in [-0.25, -0.2) is 0 Å². The summed E-state index contributed by atoms with van der Waals surface area (Å²) in [5.74, 6) is 8.07. The third-order valence-electron chi connectivity index (χ3n) is 4.50. The monoisotopic (exact) mass is 246 g/mol. The third-order valence-corrected chi connectivity index (χ3v) is 4.50. The number of fused-ring (bicyclic) bond motifs is 1. The van der Waals surface area contributed by atoms with E-state index in [9.17, 15) is 0 Å². The van der Waals surface area contributed by atoms with Crippen molar-refractivity contribution in [1.82, 2.24) is 5.43 Å². The van der Waals surface area contributed by atoms with Gasteiger partial charge in [-0.05, 0) is 18.4 Å². The lowest BCUT2D eigenvalue weighted by molar-refractivity contribution is 0.275. The number of benzene rings is 1. The van der Waals surface area contributed by atoms with Crippen LogP contribution in [0.1, 0.15) is 43.6 Å². The number of rotatable bonds is 4. The van der Waals surface area contributed by atoms with Crippen LogP contribution in [0, 0.1) is 5.92 Å². The first kappa shape index (κ1) is 12.0. The minimum Gasteiger partial charge on any atom is -0.493 e. The fourth-order valence-electron chi connectivity index (χ4n) is 3.47. The maximum absolute atomic E-state index is 5.78. The fourth-order valence-corrected chi connectivity index (χ4v) is 3.47. The van der Waals surface area contributed by atoms with E-state index in [0.717, 1.165) is 18.3 Å². The van der Waals surface area contributed by atoms with Crippen molar-refractivity contribution in [3.05, 3.63) is 29.8 Å². The Kier molecular flexibility index (Phi) is 3.52. The molecule has 1 saturated carbocycles. The fraction of sp³-hybridized carbons (Fsp3) is 0.600. The molecule has 0 saturated heterocycles. The Hall–Kier alpha value is -1.06. The van der Waals surface area contributed by atoms with Gasteiger partial charge in [-0.1, -0.05) is 43.9 Å². The van der Waals surface area contributed by atoms with Crippen molar-refractivity contribution in [2.24, 2.45) is 11.8 Å². The number of hydrogen-bond donors (Lipinski definition) is 2. The van der Waals surface area contributed by atoms with Crippen LogP contribution in [-0.2, 0) is 0 Å². The van der Waals surface area contributed by atoms with E-state index in [1.54, 1.807) is 0 Å². The molecule has 1 aliphatic heterocycles. The number of hydrazine groups is 1. The van der Waals surface area contributed by atoms with Crippen LogP contribution in [0.3, 0.4) is 0 Å². The van der Waals surface area contributed by atoms with Crippen molar-refractivity contribution in [1.29, 1.82) is 0 Å². The van der Waals surface area contributed by atoms with E-state index in [4.69, 9.17) is 10.6 Å². The highest BCUT2D eigenvalue weighted by Crippen LogP contribution is 2.38. The van der Waals surface area contributed by atoms with E-state index in [2.05, 4.69) is 23.6 Å². The normalized spacial score (nSPS) is 24.8. The molecular formula is C15H22N2O. The standard InChI is InChI=1S/C15H22N2O/c16-17-14(9-11-5-1-2-6-11)13-10-18-15-8-4-3-7-12(13)15/h3-4,7-8,11,13-14,17H,1-2,5-6,9-10,16H2. The van der Waals surface area contributed by atoms with Crippen LogP contribution in [0.5, 0.6) is 5.75 Å². The van der Waals surface area contributed by atoms with Crippen LogP contribution >= 0.6 is 0 Å². The van der Waals surface area contributed by atoms with Crippen molar-refractivity contribution in [2.75, 3.05) is 6.61 Å².